The van der Waals surface area contributed by atoms with Gasteiger partial charge >= 0.3 is 0 Å². The number of piperazine rings is 1. The number of carbonyl (C=O) groups is 1. The van der Waals surface area contributed by atoms with Crippen LogP contribution in [0.5, 0.6) is 0 Å². The van der Waals surface area contributed by atoms with Crippen LogP contribution in [0, 0.1) is 0 Å². The number of nitrogens with zero attached hydrogens (tertiary/aromatic N) is 7. The first kappa shape index (κ1) is 18.5. The summed E-state index contributed by atoms with van der Waals surface area (Å²) in [6, 6.07) is 2.06. The van der Waals surface area contributed by atoms with Crippen LogP contribution in [-0.4, -0.2) is 82.6 Å². The van der Waals surface area contributed by atoms with E-state index in [0.717, 1.165) is 63.9 Å². The molecule has 148 valence electrons. The van der Waals surface area contributed by atoms with Gasteiger partial charge in [-0.15, -0.1) is 0 Å². The highest BCUT2D eigenvalue weighted by molar-refractivity contribution is 5.78. The second kappa shape index (κ2) is 8.92. The van der Waals surface area contributed by atoms with Gasteiger partial charge in [0.05, 0.1) is 12.7 Å². The standard InChI is InChI=1S/C19H26N8O/c28-18(15-25-10-12-27(13-11-25)19-22-4-1-5-23-19)24-16-2-8-26(9-3-16)17-14-20-6-7-21-17/h1,4-7,14,16H,2-3,8-13,15H2,(H,24,28). The quantitative estimate of drug-likeness (QED) is 0.783. The Balaban J connectivity index is 1.18. The van der Waals surface area contributed by atoms with Crippen LogP contribution in [0.25, 0.3) is 0 Å². The smallest absolute Gasteiger partial charge is 0.234 e. The number of hydrogen-bond acceptors (Lipinski definition) is 8. The second-order valence-electron chi connectivity index (χ2n) is 7.20. The highest BCUT2D eigenvalue weighted by Crippen LogP contribution is 2.16. The van der Waals surface area contributed by atoms with Crippen LogP contribution in [0.1, 0.15) is 12.8 Å². The fourth-order valence-electron chi connectivity index (χ4n) is 3.74. The van der Waals surface area contributed by atoms with Crippen molar-refractivity contribution in [2.45, 2.75) is 18.9 Å². The summed E-state index contributed by atoms with van der Waals surface area (Å²) >= 11 is 0. The molecule has 9 nitrogen and oxygen atoms in total. The topological polar surface area (TPSA) is 90.4 Å². The summed E-state index contributed by atoms with van der Waals surface area (Å²) in [5, 5.41) is 3.20. The molecule has 4 rings (SSSR count). The summed E-state index contributed by atoms with van der Waals surface area (Å²) < 4.78 is 0. The molecule has 0 radical (unpaired) electrons. The van der Waals surface area contributed by atoms with Crippen molar-refractivity contribution < 1.29 is 4.79 Å². The first-order valence-electron chi connectivity index (χ1n) is 9.82. The zero-order valence-corrected chi connectivity index (χ0v) is 15.9. The van der Waals surface area contributed by atoms with Crippen LogP contribution >= 0.6 is 0 Å². The van der Waals surface area contributed by atoms with Gasteiger partial charge in [0.15, 0.2) is 0 Å². The summed E-state index contributed by atoms with van der Waals surface area (Å²) in [6.07, 6.45) is 10.6. The summed E-state index contributed by atoms with van der Waals surface area (Å²) in [5.74, 6) is 1.79. The van der Waals surface area contributed by atoms with Crippen molar-refractivity contribution >= 4 is 17.7 Å². The zero-order valence-electron chi connectivity index (χ0n) is 15.9. The van der Waals surface area contributed by atoms with Crippen LogP contribution in [0.4, 0.5) is 11.8 Å². The molecule has 2 fully saturated rings. The van der Waals surface area contributed by atoms with E-state index >= 15 is 0 Å². The Morgan fingerprint density at radius 1 is 0.929 bits per heavy atom. The summed E-state index contributed by atoms with van der Waals surface area (Å²) in [6.45, 7) is 5.60. The molecule has 1 amide bonds. The van der Waals surface area contributed by atoms with Gasteiger partial charge in [-0.1, -0.05) is 0 Å². The number of piperidine rings is 1. The molecule has 0 bridgehead atoms. The zero-order chi connectivity index (χ0) is 19.2. The molecule has 28 heavy (non-hydrogen) atoms. The van der Waals surface area contributed by atoms with E-state index in [9.17, 15) is 4.79 Å². The molecule has 0 spiro atoms. The second-order valence-corrected chi connectivity index (χ2v) is 7.20. The number of aromatic nitrogens is 4. The van der Waals surface area contributed by atoms with Gasteiger partial charge in [0, 0.05) is 70.1 Å². The molecular weight excluding hydrogens is 356 g/mol. The van der Waals surface area contributed by atoms with Gasteiger partial charge in [0.1, 0.15) is 5.82 Å². The highest BCUT2D eigenvalue weighted by atomic mass is 16.2. The molecule has 2 aliphatic rings. The third-order valence-corrected chi connectivity index (χ3v) is 5.31. The van der Waals surface area contributed by atoms with Gasteiger partial charge in [0.25, 0.3) is 0 Å². The SMILES string of the molecule is O=C(CN1CCN(c2ncccn2)CC1)NC1CCN(c2cnccn2)CC1. The van der Waals surface area contributed by atoms with E-state index in [2.05, 4.69) is 40.0 Å². The minimum Gasteiger partial charge on any atom is -0.355 e. The Morgan fingerprint density at radius 2 is 1.68 bits per heavy atom. The maximum Gasteiger partial charge on any atom is 0.234 e. The van der Waals surface area contributed by atoms with Crippen molar-refractivity contribution in [2.75, 3.05) is 55.6 Å². The molecule has 2 aromatic rings. The molecular formula is C19H26N8O. The summed E-state index contributed by atoms with van der Waals surface area (Å²) in [7, 11) is 0. The minimum atomic E-state index is 0.113. The third-order valence-electron chi connectivity index (χ3n) is 5.31. The van der Waals surface area contributed by atoms with Crippen molar-refractivity contribution in [3.8, 4) is 0 Å². The number of amides is 1. The Morgan fingerprint density at radius 3 is 2.36 bits per heavy atom. The number of hydrogen-bond donors (Lipinski definition) is 1. The van der Waals surface area contributed by atoms with Crippen LogP contribution in [0.2, 0.25) is 0 Å². The highest BCUT2D eigenvalue weighted by Gasteiger charge is 2.24. The molecule has 2 aromatic heterocycles. The summed E-state index contributed by atoms with van der Waals surface area (Å²) in [5.41, 5.74) is 0. The summed E-state index contributed by atoms with van der Waals surface area (Å²) in [4.78, 5) is 36.1. The molecule has 4 heterocycles. The molecule has 0 unspecified atom stereocenters. The maximum absolute atomic E-state index is 12.5. The van der Waals surface area contributed by atoms with E-state index in [1.807, 2.05) is 6.07 Å². The van der Waals surface area contributed by atoms with Crippen LogP contribution in [0.3, 0.4) is 0 Å². The molecule has 2 aliphatic heterocycles. The lowest BCUT2D eigenvalue weighted by Gasteiger charge is -2.35. The van der Waals surface area contributed by atoms with Gasteiger partial charge in [-0.25, -0.2) is 15.0 Å². The van der Waals surface area contributed by atoms with E-state index in [1.54, 1.807) is 31.0 Å². The van der Waals surface area contributed by atoms with Crippen molar-refractivity contribution in [1.29, 1.82) is 0 Å². The van der Waals surface area contributed by atoms with Gasteiger partial charge < -0.3 is 15.1 Å². The van der Waals surface area contributed by atoms with Crippen molar-refractivity contribution in [2.24, 2.45) is 0 Å². The molecule has 0 aliphatic carbocycles. The predicted octanol–water partition coefficient (Wildman–Crippen LogP) is 0.174. The van der Waals surface area contributed by atoms with E-state index in [-0.39, 0.29) is 11.9 Å². The maximum atomic E-state index is 12.5. The first-order chi connectivity index (χ1) is 13.8. The van der Waals surface area contributed by atoms with Crippen LogP contribution in [-0.2, 0) is 4.79 Å². The van der Waals surface area contributed by atoms with Crippen LogP contribution in [0.15, 0.2) is 37.1 Å². The number of nitrogens with one attached hydrogen (secondary N) is 1. The average Bonchev–Trinajstić information content (AvgIpc) is 2.76. The normalized spacial score (nSPS) is 18.9. The van der Waals surface area contributed by atoms with E-state index in [1.165, 1.54) is 0 Å². The lowest BCUT2D eigenvalue weighted by molar-refractivity contribution is -0.123. The van der Waals surface area contributed by atoms with Gasteiger partial charge in [0.2, 0.25) is 11.9 Å². The molecule has 9 heteroatoms. The monoisotopic (exact) mass is 382 g/mol. The Labute approximate surface area is 164 Å². The largest absolute Gasteiger partial charge is 0.355 e. The Kier molecular flexibility index (Phi) is 5.91. The molecule has 0 saturated carbocycles. The van der Waals surface area contributed by atoms with E-state index in [4.69, 9.17) is 0 Å². The average molecular weight is 382 g/mol. The fourth-order valence-corrected chi connectivity index (χ4v) is 3.74. The Bertz CT molecular complexity index is 680. The van der Waals surface area contributed by atoms with Gasteiger partial charge in [-0.3, -0.25) is 14.7 Å². The number of anilines is 2. The molecule has 0 aromatic carbocycles. The van der Waals surface area contributed by atoms with Gasteiger partial charge in [-0.05, 0) is 18.9 Å². The van der Waals surface area contributed by atoms with Crippen molar-refractivity contribution in [1.82, 2.24) is 30.2 Å². The fraction of sp³-hybridized carbons (Fsp3) is 0.526. The van der Waals surface area contributed by atoms with Crippen molar-refractivity contribution in [3.63, 3.8) is 0 Å². The van der Waals surface area contributed by atoms with Crippen LogP contribution < -0.4 is 15.1 Å². The lowest BCUT2D eigenvalue weighted by Crippen LogP contribution is -2.52. The van der Waals surface area contributed by atoms with E-state index in [0.29, 0.717) is 6.54 Å². The number of carbonyl (C=O) groups excluding carboxylic acids is 1. The first-order valence-corrected chi connectivity index (χ1v) is 9.82. The molecule has 2 saturated heterocycles. The third kappa shape index (κ3) is 4.72. The Hall–Kier alpha value is -2.81. The van der Waals surface area contributed by atoms with Gasteiger partial charge in [-0.2, -0.15) is 0 Å². The van der Waals surface area contributed by atoms with E-state index < -0.39 is 0 Å². The number of rotatable bonds is 5. The van der Waals surface area contributed by atoms with Crippen molar-refractivity contribution in [3.05, 3.63) is 37.1 Å². The molecule has 1 N–H and O–H groups in total. The molecule has 0 atom stereocenters. The lowest BCUT2D eigenvalue weighted by atomic mass is 10.1. The minimum absolute atomic E-state index is 0.113. The predicted molar refractivity (Wildman–Crippen MR) is 106 cm³/mol.